The number of piperidine rings is 1. The van der Waals surface area contributed by atoms with Crippen molar-refractivity contribution in [3.8, 4) is 0 Å². The van der Waals surface area contributed by atoms with E-state index in [9.17, 15) is 9.59 Å². The molecule has 0 aromatic carbocycles. The number of ether oxygens (including phenoxy) is 1. The zero-order valence-corrected chi connectivity index (χ0v) is 14.1. The highest BCUT2D eigenvalue weighted by Crippen LogP contribution is 2.24. The largest absolute Gasteiger partial charge is 0.381 e. The summed E-state index contributed by atoms with van der Waals surface area (Å²) in [6, 6.07) is 3.61. The summed E-state index contributed by atoms with van der Waals surface area (Å²) in [5.74, 6) is 0.529. The number of carbonyl (C=O) groups is 1. The van der Waals surface area contributed by atoms with E-state index >= 15 is 0 Å². The minimum atomic E-state index is -0.193. The Hall–Kier alpha value is -1.66. The van der Waals surface area contributed by atoms with Gasteiger partial charge in [-0.3, -0.25) is 14.5 Å². The van der Waals surface area contributed by atoms with Crippen LogP contribution in [0.3, 0.4) is 0 Å². The molecule has 1 amide bonds. The Morgan fingerprint density at radius 2 is 2.12 bits per heavy atom. The van der Waals surface area contributed by atoms with Gasteiger partial charge in [-0.05, 0) is 50.6 Å². The fourth-order valence-corrected chi connectivity index (χ4v) is 3.76. The fraction of sp³-hybridized carbons (Fsp3) is 0.667. The number of nitrogens with zero attached hydrogens (tertiary/aromatic N) is 1. The first-order valence-corrected chi connectivity index (χ1v) is 9.01. The van der Waals surface area contributed by atoms with Gasteiger partial charge in [0.25, 0.3) is 5.91 Å². The van der Waals surface area contributed by atoms with E-state index in [1.54, 1.807) is 6.07 Å². The monoisotopic (exact) mass is 333 g/mol. The molecule has 3 rings (SSSR count). The number of amides is 1. The average Bonchev–Trinajstić information content (AvgIpc) is 2.63. The molecule has 0 spiro atoms. The smallest absolute Gasteiger partial charge is 0.252 e. The van der Waals surface area contributed by atoms with Crippen LogP contribution in [0, 0.1) is 5.92 Å². The lowest BCUT2D eigenvalue weighted by molar-refractivity contribution is 0.0170. The van der Waals surface area contributed by atoms with Crippen molar-refractivity contribution in [2.24, 2.45) is 5.92 Å². The van der Waals surface area contributed by atoms with E-state index in [1.165, 1.54) is 31.6 Å². The standard InChI is InChI=1S/C18H27N3O3/c22-17-4-3-15(12-20-17)18(23)19-8-5-14-2-1-9-21(13-14)16-6-10-24-11-7-16/h3-4,12,14,16H,1-2,5-11,13H2,(H,19,23)(H,20,22). The van der Waals surface area contributed by atoms with Crippen LogP contribution in [0.1, 0.15) is 42.5 Å². The number of aromatic amines is 1. The highest BCUT2D eigenvalue weighted by Gasteiger charge is 2.27. The van der Waals surface area contributed by atoms with Crippen molar-refractivity contribution < 1.29 is 9.53 Å². The summed E-state index contributed by atoms with van der Waals surface area (Å²) in [6.45, 7) is 4.80. The second kappa shape index (κ2) is 8.44. The number of hydrogen-bond donors (Lipinski definition) is 2. The summed E-state index contributed by atoms with van der Waals surface area (Å²) in [4.78, 5) is 28.2. The normalized spacial score (nSPS) is 23.1. The van der Waals surface area contributed by atoms with Crippen LogP contribution in [-0.2, 0) is 4.74 Å². The molecule has 0 saturated carbocycles. The number of likely N-dealkylation sites (tertiary alicyclic amines) is 1. The maximum atomic E-state index is 12.1. The van der Waals surface area contributed by atoms with Crippen molar-refractivity contribution >= 4 is 5.91 Å². The van der Waals surface area contributed by atoms with Gasteiger partial charge in [0.2, 0.25) is 5.56 Å². The zero-order chi connectivity index (χ0) is 16.8. The Kier molecular flexibility index (Phi) is 6.04. The van der Waals surface area contributed by atoms with Crippen LogP contribution >= 0.6 is 0 Å². The van der Waals surface area contributed by atoms with Crippen LogP contribution in [0.15, 0.2) is 23.1 Å². The molecule has 2 aliphatic heterocycles. The van der Waals surface area contributed by atoms with Gasteiger partial charge in [-0.1, -0.05) is 0 Å². The molecule has 1 unspecified atom stereocenters. The molecule has 132 valence electrons. The van der Waals surface area contributed by atoms with Crippen LogP contribution < -0.4 is 10.9 Å². The van der Waals surface area contributed by atoms with Crippen molar-refractivity contribution in [1.82, 2.24) is 15.2 Å². The van der Waals surface area contributed by atoms with Crippen molar-refractivity contribution in [2.75, 3.05) is 32.8 Å². The molecule has 24 heavy (non-hydrogen) atoms. The number of aromatic nitrogens is 1. The highest BCUT2D eigenvalue weighted by atomic mass is 16.5. The van der Waals surface area contributed by atoms with Crippen LogP contribution in [0.4, 0.5) is 0 Å². The Morgan fingerprint density at radius 3 is 2.88 bits per heavy atom. The van der Waals surface area contributed by atoms with Gasteiger partial charge in [0.05, 0.1) is 5.56 Å². The third kappa shape index (κ3) is 4.68. The number of carbonyl (C=O) groups excluding carboxylic acids is 1. The molecule has 2 saturated heterocycles. The van der Waals surface area contributed by atoms with Gasteiger partial charge in [-0.25, -0.2) is 0 Å². The maximum absolute atomic E-state index is 12.1. The van der Waals surface area contributed by atoms with E-state index in [2.05, 4.69) is 15.2 Å². The fourth-order valence-electron chi connectivity index (χ4n) is 3.76. The maximum Gasteiger partial charge on any atom is 0.252 e. The molecule has 1 aromatic rings. The predicted octanol–water partition coefficient (Wildman–Crippen LogP) is 1.39. The lowest BCUT2D eigenvalue weighted by atomic mass is 9.92. The third-order valence-electron chi connectivity index (χ3n) is 5.14. The van der Waals surface area contributed by atoms with E-state index in [1.807, 2.05) is 0 Å². The van der Waals surface area contributed by atoms with Gasteiger partial charge in [0, 0.05) is 44.6 Å². The number of H-pyrrole nitrogens is 1. The topological polar surface area (TPSA) is 74.4 Å². The Bertz CT molecular complexity index is 575. The van der Waals surface area contributed by atoms with E-state index in [0.717, 1.165) is 39.0 Å². The SMILES string of the molecule is O=C(NCCC1CCCN(C2CCOCC2)C1)c1ccc(=O)[nH]c1. The number of rotatable bonds is 5. The summed E-state index contributed by atoms with van der Waals surface area (Å²) in [5.41, 5.74) is 0.309. The molecule has 2 N–H and O–H groups in total. The second-order valence-corrected chi connectivity index (χ2v) is 6.83. The van der Waals surface area contributed by atoms with Crippen molar-refractivity contribution in [2.45, 2.75) is 38.1 Å². The van der Waals surface area contributed by atoms with Gasteiger partial charge in [-0.15, -0.1) is 0 Å². The number of pyridine rings is 1. The van der Waals surface area contributed by atoms with Crippen molar-refractivity contribution in [3.05, 3.63) is 34.2 Å². The van der Waals surface area contributed by atoms with Crippen LogP contribution in [0.5, 0.6) is 0 Å². The van der Waals surface area contributed by atoms with Crippen molar-refractivity contribution in [1.29, 1.82) is 0 Å². The minimum absolute atomic E-state index is 0.122. The highest BCUT2D eigenvalue weighted by molar-refractivity contribution is 5.93. The van der Waals surface area contributed by atoms with Gasteiger partial charge in [0.15, 0.2) is 0 Å². The predicted molar refractivity (Wildman–Crippen MR) is 92.2 cm³/mol. The van der Waals surface area contributed by atoms with E-state index in [0.29, 0.717) is 24.1 Å². The second-order valence-electron chi connectivity index (χ2n) is 6.83. The molecule has 2 fully saturated rings. The summed E-state index contributed by atoms with van der Waals surface area (Å²) in [6.07, 6.45) is 7.26. The molecule has 6 heteroatoms. The summed E-state index contributed by atoms with van der Waals surface area (Å²) in [5, 5.41) is 2.96. The average molecular weight is 333 g/mol. The van der Waals surface area contributed by atoms with Gasteiger partial charge in [-0.2, -0.15) is 0 Å². The minimum Gasteiger partial charge on any atom is -0.381 e. The van der Waals surface area contributed by atoms with Gasteiger partial charge >= 0.3 is 0 Å². The van der Waals surface area contributed by atoms with Gasteiger partial charge in [0.1, 0.15) is 0 Å². The van der Waals surface area contributed by atoms with Gasteiger partial charge < -0.3 is 15.0 Å². The first-order chi connectivity index (χ1) is 11.7. The van der Waals surface area contributed by atoms with Crippen LogP contribution in [0.2, 0.25) is 0 Å². The third-order valence-corrected chi connectivity index (χ3v) is 5.14. The van der Waals surface area contributed by atoms with Crippen LogP contribution in [0.25, 0.3) is 0 Å². The molecule has 0 radical (unpaired) electrons. The quantitative estimate of drug-likeness (QED) is 0.854. The molecule has 1 atom stereocenters. The summed E-state index contributed by atoms with van der Waals surface area (Å²) in [7, 11) is 0. The number of hydrogen-bond acceptors (Lipinski definition) is 4. The van der Waals surface area contributed by atoms with E-state index in [-0.39, 0.29) is 11.5 Å². The first-order valence-electron chi connectivity index (χ1n) is 9.01. The Labute approximate surface area is 142 Å². The molecule has 0 aliphatic carbocycles. The lowest BCUT2D eigenvalue weighted by Gasteiger charge is -2.40. The molecular formula is C18H27N3O3. The zero-order valence-electron chi connectivity index (χ0n) is 14.1. The first kappa shape index (κ1) is 17.2. The lowest BCUT2D eigenvalue weighted by Crippen LogP contribution is -2.45. The van der Waals surface area contributed by atoms with Crippen molar-refractivity contribution in [3.63, 3.8) is 0 Å². The molecule has 0 bridgehead atoms. The van der Waals surface area contributed by atoms with E-state index < -0.39 is 0 Å². The van der Waals surface area contributed by atoms with E-state index in [4.69, 9.17) is 4.74 Å². The molecule has 1 aromatic heterocycles. The molecule has 2 aliphatic rings. The summed E-state index contributed by atoms with van der Waals surface area (Å²) < 4.78 is 5.46. The Morgan fingerprint density at radius 1 is 1.29 bits per heavy atom. The summed E-state index contributed by atoms with van der Waals surface area (Å²) >= 11 is 0. The molecule has 6 nitrogen and oxygen atoms in total. The molecule has 3 heterocycles. The number of nitrogens with one attached hydrogen (secondary N) is 2. The Balaban J connectivity index is 1.41. The molecular weight excluding hydrogens is 306 g/mol. The van der Waals surface area contributed by atoms with Crippen LogP contribution in [-0.4, -0.2) is 54.7 Å².